The first-order chi connectivity index (χ1) is 12.2. The molecule has 1 unspecified atom stereocenters. The molecule has 6 heteroatoms. The Kier molecular flexibility index (Phi) is 8.55. The van der Waals surface area contributed by atoms with Gasteiger partial charge in [0.05, 0.1) is 18.9 Å². The van der Waals surface area contributed by atoms with Gasteiger partial charge in [-0.05, 0) is 44.5 Å². The average molecular weight is 350 g/mol. The summed E-state index contributed by atoms with van der Waals surface area (Å²) < 4.78 is 16.5. The smallest absolute Gasteiger partial charge is 0.412 e. The van der Waals surface area contributed by atoms with Gasteiger partial charge in [0.15, 0.2) is 0 Å². The van der Waals surface area contributed by atoms with Crippen LogP contribution in [0.25, 0.3) is 0 Å². The predicted molar refractivity (Wildman–Crippen MR) is 98.3 cm³/mol. The number of hydrogen-bond donors (Lipinski definition) is 1. The highest BCUT2D eigenvalue weighted by atomic mass is 16.6. The van der Waals surface area contributed by atoms with E-state index in [1.54, 1.807) is 7.11 Å². The number of carbonyl (C=O) groups excluding carboxylic acids is 1. The van der Waals surface area contributed by atoms with Gasteiger partial charge in [-0.1, -0.05) is 25.5 Å². The number of likely N-dealkylation sites (tertiary alicyclic amines) is 1. The molecule has 1 atom stereocenters. The van der Waals surface area contributed by atoms with E-state index in [-0.39, 0.29) is 6.10 Å². The molecule has 1 N–H and O–H groups in total. The van der Waals surface area contributed by atoms with Crippen LogP contribution in [0, 0.1) is 0 Å². The highest BCUT2D eigenvalue weighted by molar-refractivity contribution is 5.86. The molecular weight excluding hydrogens is 320 g/mol. The van der Waals surface area contributed by atoms with Crippen molar-refractivity contribution < 1.29 is 19.0 Å². The minimum absolute atomic E-state index is 0.281. The molecule has 0 aromatic heterocycles. The van der Waals surface area contributed by atoms with Crippen LogP contribution in [0.4, 0.5) is 10.5 Å². The van der Waals surface area contributed by atoms with E-state index in [1.807, 2.05) is 24.3 Å². The van der Waals surface area contributed by atoms with E-state index in [2.05, 4.69) is 17.1 Å². The maximum Gasteiger partial charge on any atom is 0.412 e. The Bertz CT molecular complexity index is 518. The van der Waals surface area contributed by atoms with Crippen molar-refractivity contribution in [1.82, 2.24) is 4.90 Å². The van der Waals surface area contributed by atoms with Crippen LogP contribution in [0.1, 0.15) is 32.6 Å². The van der Waals surface area contributed by atoms with Crippen molar-refractivity contribution in [3.63, 3.8) is 0 Å². The first-order valence-corrected chi connectivity index (χ1v) is 9.13. The number of benzene rings is 1. The van der Waals surface area contributed by atoms with Gasteiger partial charge in [0.2, 0.25) is 0 Å². The van der Waals surface area contributed by atoms with Crippen LogP contribution in [-0.2, 0) is 9.47 Å². The standard InChI is InChI=1S/C19H30N2O4/c1-3-4-13-24-18-10-6-5-9-17(18)20-19(22)25-16(15-23-2)14-21-11-7-8-12-21/h5-6,9-10,16H,3-4,7-8,11-15H2,1-2H3,(H,20,22). The number of ether oxygens (including phenoxy) is 3. The van der Waals surface area contributed by atoms with Gasteiger partial charge in [-0.15, -0.1) is 0 Å². The molecule has 1 saturated heterocycles. The Hall–Kier alpha value is -1.79. The molecule has 6 nitrogen and oxygen atoms in total. The first-order valence-electron chi connectivity index (χ1n) is 9.13. The van der Waals surface area contributed by atoms with Gasteiger partial charge in [0, 0.05) is 13.7 Å². The number of nitrogens with zero attached hydrogens (tertiary/aromatic N) is 1. The summed E-state index contributed by atoms with van der Waals surface area (Å²) in [5.74, 6) is 0.663. The van der Waals surface area contributed by atoms with Crippen molar-refractivity contribution in [2.45, 2.75) is 38.7 Å². The van der Waals surface area contributed by atoms with E-state index in [4.69, 9.17) is 14.2 Å². The highest BCUT2D eigenvalue weighted by Gasteiger charge is 2.21. The number of methoxy groups -OCH3 is 1. The quantitative estimate of drug-likeness (QED) is 0.654. The fourth-order valence-electron chi connectivity index (χ4n) is 2.88. The number of unbranched alkanes of at least 4 members (excludes halogenated alkanes) is 1. The van der Waals surface area contributed by atoms with Gasteiger partial charge in [0.25, 0.3) is 0 Å². The summed E-state index contributed by atoms with van der Waals surface area (Å²) in [5.41, 5.74) is 0.626. The van der Waals surface area contributed by atoms with Crippen LogP contribution in [0.3, 0.4) is 0 Å². The van der Waals surface area contributed by atoms with Gasteiger partial charge in [-0.2, -0.15) is 0 Å². The largest absolute Gasteiger partial charge is 0.491 e. The van der Waals surface area contributed by atoms with Gasteiger partial charge in [-0.25, -0.2) is 4.79 Å². The van der Waals surface area contributed by atoms with Crippen molar-refractivity contribution in [1.29, 1.82) is 0 Å². The molecule has 1 aliphatic heterocycles. The van der Waals surface area contributed by atoms with Crippen molar-refractivity contribution in [3.8, 4) is 5.75 Å². The number of rotatable bonds is 10. The van der Waals surface area contributed by atoms with Crippen LogP contribution in [0.2, 0.25) is 0 Å². The Morgan fingerprint density at radius 2 is 2.04 bits per heavy atom. The van der Waals surface area contributed by atoms with Crippen LogP contribution < -0.4 is 10.1 Å². The maximum atomic E-state index is 12.3. The Morgan fingerprint density at radius 3 is 2.76 bits per heavy atom. The molecule has 1 heterocycles. The fourth-order valence-corrected chi connectivity index (χ4v) is 2.88. The number of amides is 1. The molecule has 0 saturated carbocycles. The summed E-state index contributed by atoms with van der Waals surface area (Å²) in [4.78, 5) is 14.6. The second-order valence-electron chi connectivity index (χ2n) is 6.31. The zero-order valence-corrected chi connectivity index (χ0v) is 15.3. The van der Waals surface area contributed by atoms with E-state index in [9.17, 15) is 4.79 Å². The lowest BCUT2D eigenvalue weighted by atomic mass is 10.3. The third kappa shape index (κ3) is 6.92. The third-order valence-electron chi connectivity index (χ3n) is 4.17. The molecule has 0 bridgehead atoms. The Labute approximate surface area is 150 Å². The molecule has 140 valence electrons. The Balaban J connectivity index is 1.88. The van der Waals surface area contributed by atoms with Gasteiger partial charge in [-0.3, -0.25) is 10.2 Å². The summed E-state index contributed by atoms with van der Waals surface area (Å²) in [7, 11) is 1.62. The van der Waals surface area contributed by atoms with Crippen LogP contribution in [0.5, 0.6) is 5.75 Å². The van der Waals surface area contributed by atoms with E-state index in [0.717, 1.165) is 25.9 Å². The molecule has 1 aliphatic rings. The molecule has 1 aromatic carbocycles. The van der Waals surface area contributed by atoms with Crippen molar-refractivity contribution in [3.05, 3.63) is 24.3 Å². The third-order valence-corrected chi connectivity index (χ3v) is 4.17. The number of carbonyl (C=O) groups is 1. The lowest BCUT2D eigenvalue weighted by molar-refractivity contribution is 0.0285. The SMILES string of the molecule is CCCCOc1ccccc1NC(=O)OC(COC)CN1CCCC1. The molecule has 25 heavy (non-hydrogen) atoms. The fraction of sp³-hybridized carbons (Fsp3) is 0.632. The summed E-state index contributed by atoms with van der Waals surface area (Å²) >= 11 is 0. The summed E-state index contributed by atoms with van der Waals surface area (Å²) in [6.45, 7) is 5.94. The summed E-state index contributed by atoms with van der Waals surface area (Å²) in [6, 6.07) is 7.41. The highest BCUT2D eigenvalue weighted by Crippen LogP contribution is 2.24. The number of anilines is 1. The molecule has 1 aromatic rings. The van der Waals surface area contributed by atoms with Crippen molar-refractivity contribution in [2.24, 2.45) is 0 Å². The maximum absolute atomic E-state index is 12.3. The van der Waals surface area contributed by atoms with Gasteiger partial charge < -0.3 is 14.2 Å². The second kappa shape index (κ2) is 10.9. The van der Waals surface area contributed by atoms with Crippen LogP contribution in [0.15, 0.2) is 24.3 Å². The monoisotopic (exact) mass is 350 g/mol. The zero-order valence-electron chi connectivity index (χ0n) is 15.3. The van der Waals surface area contributed by atoms with E-state index >= 15 is 0 Å². The molecule has 1 amide bonds. The topological polar surface area (TPSA) is 60.0 Å². The lowest BCUT2D eigenvalue weighted by Gasteiger charge is -2.23. The summed E-state index contributed by atoms with van der Waals surface area (Å²) in [5, 5.41) is 2.79. The lowest BCUT2D eigenvalue weighted by Crippen LogP contribution is -2.37. The number of para-hydroxylation sites is 2. The van der Waals surface area contributed by atoms with E-state index in [0.29, 0.717) is 31.2 Å². The van der Waals surface area contributed by atoms with E-state index in [1.165, 1.54) is 12.8 Å². The molecule has 2 rings (SSSR count). The summed E-state index contributed by atoms with van der Waals surface area (Å²) in [6.07, 6.45) is 3.68. The van der Waals surface area contributed by atoms with Crippen molar-refractivity contribution >= 4 is 11.8 Å². The first kappa shape index (κ1) is 19.5. The van der Waals surface area contributed by atoms with Gasteiger partial charge >= 0.3 is 6.09 Å². The zero-order chi connectivity index (χ0) is 17.9. The Morgan fingerprint density at radius 1 is 1.28 bits per heavy atom. The normalized spacial score (nSPS) is 15.8. The number of nitrogens with one attached hydrogen (secondary N) is 1. The van der Waals surface area contributed by atoms with Crippen molar-refractivity contribution in [2.75, 3.05) is 45.3 Å². The second-order valence-corrected chi connectivity index (χ2v) is 6.31. The van der Waals surface area contributed by atoms with Crippen LogP contribution >= 0.6 is 0 Å². The molecule has 0 aliphatic carbocycles. The number of hydrogen-bond acceptors (Lipinski definition) is 5. The average Bonchev–Trinajstić information content (AvgIpc) is 3.10. The molecule has 0 spiro atoms. The predicted octanol–water partition coefficient (Wildman–Crippen LogP) is 3.52. The van der Waals surface area contributed by atoms with E-state index < -0.39 is 6.09 Å². The minimum Gasteiger partial charge on any atom is -0.491 e. The van der Waals surface area contributed by atoms with Gasteiger partial charge in [0.1, 0.15) is 11.9 Å². The molecule has 1 fully saturated rings. The molecular formula is C19H30N2O4. The van der Waals surface area contributed by atoms with Crippen LogP contribution in [-0.4, -0.2) is 57.1 Å². The minimum atomic E-state index is -0.479. The molecule has 0 radical (unpaired) electrons.